The summed E-state index contributed by atoms with van der Waals surface area (Å²) in [5.74, 6) is 2.51. The fourth-order valence-corrected chi connectivity index (χ4v) is 3.85. The Balaban J connectivity index is 1.50. The van der Waals surface area contributed by atoms with E-state index in [1.54, 1.807) is 16.9 Å². The second-order valence-electron chi connectivity index (χ2n) is 6.96. The van der Waals surface area contributed by atoms with Crippen molar-refractivity contribution in [2.24, 2.45) is 0 Å². The third-order valence-electron chi connectivity index (χ3n) is 5.39. The molecule has 1 fully saturated rings. The summed E-state index contributed by atoms with van der Waals surface area (Å²) in [6.07, 6.45) is 3.95. The van der Waals surface area contributed by atoms with Crippen molar-refractivity contribution >= 4 is 5.91 Å². The second-order valence-corrected chi connectivity index (χ2v) is 6.96. The molecule has 1 saturated heterocycles. The zero-order valence-electron chi connectivity index (χ0n) is 14.9. The molecule has 1 amide bonds. The first-order valence-electron chi connectivity index (χ1n) is 9.09. The molecule has 0 spiro atoms. The minimum Gasteiger partial charge on any atom is -0.328 e. The lowest BCUT2D eigenvalue weighted by atomic mass is 9.96. The second kappa shape index (κ2) is 6.59. The van der Waals surface area contributed by atoms with E-state index in [4.69, 9.17) is 0 Å². The third-order valence-corrected chi connectivity index (χ3v) is 5.39. The molecule has 4 heterocycles. The molecule has 0 N–H and O–H groups in total. The van der Waals surface area contributed by atoms with Gasteiger partial charge in [-0.3, -0.25) is 9.48 Å². The Hall–Kier alpha value is -2.22. The van der Waals surface area contributed by atoms with Gasteiger partial charge in [0.25, 0.3) is 5.91 Å². The maximum Gasteiger partial charge on any atom is 0.272 e. The van der Waals surface area contributed by atoms with Crippen LogP contribution >= 0.6 is 0 Å². The number of aryl methyl sites for hydroxylation is 1. The lowest BCUT2D eigenvalue weighted by Gasteiger charge is -2.31. The van der Waals surface area contributed by atoms with Gasteiger partial charge in [0.15, 0.2) is 5.82 Å². The number of aromatic nitrogens is 5. The Kier molecular flexibility index (Phi) is 4.29. The number of hydrogen-bond acceptors (Lipinski definition) is 5. The van der Waals surface area contributed by atoms with E-state index < -0.39 is 0 Å². The summed E-state index contributed by atoms with van der Waals surface area (Å²) in [5.41, 5.74) is 0.644. The number of carbonyl (C=O) groups excluding carboxylic acids is 1. The molecular weight excluding hydrogens is 318 g/mol. The maximum atomic E-state index is 12.8. The van der Waals surface area contributed by atoms with E-state index in [2.05, 4.69) is 31.8 Å². The predicted octanol–water partition coefficient (Wildman–Crippen LogP) is 0.960. The summed E-state index contributed by atoms with van der Waals surface area (Å²) in [5, 5.41) is 13.1. The SMILES string of the molecule is CCn1nccc1C(=O)N1CCn2c(nnc2C2CCN(C)CC2)C1. The lowest BCUT2D eigenvalue weighted by molar-refractivity contribution is 0.0693. The smallest absolute Gasteiger partial charge is 0.272 e. The van der Waals surface area contributed by atoms with E-state index in [9.17, 15) is 4.79 Å². The topological polar surface area (TPSA) is 72.1 Å². The van der Waals surface area contributed by atoms with Gasteiger partial charge >= 0.3 is 0 Å². The van der Waals surface area contributed by atoms with E-state index in [0.717, 1.165) is 44.1 Å². The molecule has 0 aromatic carbocycles. The highest BCUT2D eigenvalue weighted by Gasteiger charge is 2.30. The molecule has 25 heavy (non-hydrogen) atoms. The van der Waals surface area contributed by atoms with E-state index in [1.807, 2.05) is 11.8 Å². The average Bonchev–Trinajstić information content (AvgIpc) is 3.28. The molecule has 8 heteroatoms. The van der Waals surface area contributed by atoms with Crippen molar-refractivity contribution in [1.82, 2.24) is 34.3 Å². The number of fused-ring (bicyclic) bond motifs is 1. The third kappa shape index (κ3) is 2.95. The van der Waals surface area contributed by atoms with Crippen LogP contribution in [0.3, 0.4) is 0 Å². The van der Waals surface area contributed by atoms with Gasteiger partial charge in [-0.25, -0.2) is 0 Å². The largest absolute Gasteiger partial charge is 0.328 e. The van der Waals surface area contributed by atoms with E-state index in [-0.39, 0.29) is 5.91 Å². The molecular formula is C17H25N7O. The highest BCUT2D eigenvalue weighted by atomic mass is 16.2. The molecule has 134 valence electrons. The van der Waals surface area contributed by atoms with Crippen LogP contribution in [-0.4, -0.2) is 66.9 Å². The first-order chi connectivity index (χ1) is 12.2. The van der Waals surface area contributed by atoms with Crippen LogP contribution in [0.2, 0.25) is 0 Å². The Bertz CT molecular complexity index is 757. The van der Waals surface area contributed by atoms with E-state index in [1.165, 1.54) is 0 Å². The van der Waals surface area contributed by atoms with Gasteiger partial charge < -0.3 is 14.4 Å². The van der Waals surface area contributed by atoms with Crippen molar-refractivity contribution in [1.29, 1.82) is 0 Å². The minimum absolute atomic E-state index is 0.0226. The van der Waals surface area contributed by atoms with E-state index >= 15 is 0 Å². The van der Waals surface area contributed by atoms with Crippen molar-refractivity contribution < 1.29 is 4.79 Å². The molecule has 8 nitrogen and oxygen atoms in total. The lowest BCUT2D eigenvalue weighted by Crippen LogP contribution is -2.40. The normalized spacial score (nSPS) is 19.2. The van der Waals surface area contributed by atoms with Crippen LogP contribution in [0.25, 0.3) is 0 Å². The van der Waals surface area contributed by atoms with Gasteiger partial charge in [0.2, 0.25) is 0 Å². The summed E-state index contributed by atoms with van der Waals surface area (Å²) in [6, 6.07) is 1.79. The highest BCUT2D eigenvalue weighted by Crippen LogP contribution is 2.28. The number of likely N-dealkylation sites (tertiary alicyclic amines) is 1. The van der Waals surface area contributed by atoms with Gasteiger partial charge in [-0.05, 0) is 46.0 Å². The number of rotatable bonds is 3. The minimum atomic E-state index is 0.0226. The van der Waals surface area contributed by atoms with Crippen LogP contribution in [0, 0.1) is 0 Å². The number of nitrogens with zero attached hydrogens (tertiary/aromatic N) is 7. The summed E-state index contributed by atoms with van der Waals surface area (Å²) >= 11 is 0. The van der Waals surface area contributed by atoms with Gasteiger partial charge in [-0.15, -0.1) is 10.2 Å². The number of piperidine rings is 1. The Morgan fingerprint density at radius 1 is 1.20 bits per heavy atom. The first-order valence-corrected chi connectivity index (χ1v) is 9.09. The molecule has 0 aliphatic carbocycles. The molecule has 2 aromatic heterocycles. The van der Waals surface area contributed by atoms with Crippen molar-refractivity contribution in [3.05, 3.63) is 29.6 Å². The monoisotopic (exact) mass is 343 g/mol. The zero-order valence-corrected chi connectivity index (χ0v) is 14.9. The molecule has 2 aliphatic heterocycles. The van der Waals surface area contributed by atoms with Crippen LogP contribution in [0.4, 0.5) is 0 Å². The number of carbonyl (C=O) groups is 1. The summed E-state index contributed by atoms with van der Waals surface area (Å²) < 4.78 is 3.97. The van der Waals surface area contributed by atoms with Crippen LogP contribution in [0.5, 0.6) is 0 Å². The van der Waals surface area contributed by atoms with Crippen LogP contribution in [0.1, 0.15) is 47.8 Å². The van der Waals surface area contributed by atoms with E-state index in [0.29, 0.717) is 31.2 Å². The maximum absolute atomic E-state index is 12.8. The fourth-order valence-electron chi connectivity index (χ4n) is 3.85. The fraction of sp³-hybridized carbons (Fsp3) is 0.647. The predicted molar refractivity (Wildman–Crippen MR) is 92.1 cm³/mol. The molecule has 2 aromatic rings. The molecule has 0 atom stereocenters. The molecule has 0 unspecified atom stereocenters. The molecule has 0 saturated carbocycles. The summed E-state index contributed by atoms with van der Waals surface area (Å²) in [6.45, 7) is 6.89. The van der Waals surface area contributed by atoms with Crippen LogP contribution < -0.4 is 0 Å². The Morgan fingerprint density at radius 3 is 2.76 bits per heavy atom. The zero-order chi connectivity index (χ0) is 17.4. The van der Waals surface area contributed by atoms with Gasteiger partial charge in [-0.1, -0.05) is 0 Å². The number of hydrogen-bond donors (Lipinski definition) is 0. The molecule has 0 radical (unpaired) electrons. The molecule has 4 rings (SSSR count). The Morgan fingerprint density at radius 2 is 2.00 bits per heavy atom. The quantitative estimate of drug-likeness (QED) is 0.830. The van der Waals surface area contributed by atoms with Gasteiger partial charge in [0.05, 0.1) is 6.54 Å². The first kappa shape index (κ1) is 16.3. The summed E-state index contributed by atoms with van der Waals surface area (Å²) in [7, 11) is 2.17. The van der Waals surface area contributed by atoms with Gasteiger partial charge in [-0.2, -0.15) is 5.10 Å². The van der Waals surface area contributed by atoms with Gasteiger partial charge in [0, 0.05) is 31.7 Å². The average molecular weight is 343 g/mol. The van der Waals surface area contributed by atoms with Crippen molar-refractivity contribution in [2.45, 2.75) is 45.3 Å². The van der Waals surface area contributed by atoms with Gasteiger partial charge in [0.1, 0.15) is 11.5 Å². The van der Waals surface area contributed by atoms with Crippen molar-refractivity contribution in [2.75, 3.05) is 26.7 Å². The van der Waals surface area contributed by atoms with Crippen LogP contribution in [0.15, 0.2) is 12.3 Å². The molecule has 2 aliphatic rings. The highest BCUT2D eigenvalue weighted by molar-refractivity contribution is 5.92. The van der Waals surface area contributed by atoms with Crippen LogP contribution in [-0.2, 0) is 19.6 Å². The van der Waals surface area contributed by atoms with Crippen molar-refractivity contribution in [3.63, 3.8) is 0 Å². The van der Waals surface area contributed by atoms with Crippen molar-refractivity contribution in [3.8, 4) is 0 Å². The summed E-state index contributed by atoms with van der Waals surface area (Å²) in [4.78, 5) is 17.0. The Labute approximate surface area is 147 Å². The number of amides is 1. The molecule has 0 bridgehead atoms. The standard InChI is InChI=1S/C17H25N7O/c1-3-24-14(4-7-18-24)17(25)22-10-11-23-15(12-22)19-20-16(23)13-5-8-21(2)9-6-13/h4,7,13H,3,5-6,8-12H2,1-2H3.